The van der Waals surface area contributed by atoms with Crippen molar-refractivity contribution in [3.05, 3.63) is 34.7 Å². The fourth-order valence-electron chi connectivity index (χ4n) is 2.85. The SMILES string of the molecule is N#CC1(C(=O)Nc2nc(-c3ccc(Cl)cc3)cs2)CCCCC1. The van der Waals surface area contributed by atoms with Gasteiger partial charge < -0.3 is 5.32 Å². The highest BCUT2D eigenvalue weighted by Gasteiger charge is 2.40. The Balaban J connectivity index is 1.75. The number of carbonyl (C=O) groups excluding carboxylic acids is 1. The fourth-order valence-corrected chi connectivity index (χ4v) is 3.69. The molecule has 2 aromatic rings. The molecule has 0 spiro atoms. The minimum atomic E-state index is -0.898. The molecular weight excluding hydrogens is 330 g/mol. The number of benzene rings is 1. The molecule has 0 radical (unpaired) electrons. The van der Waals surface area contributed by atoms with E-state index in [2.05, 4.69) is 16.4 Å². The Kier molecular flexibility index (Phi) is 4.65. The smallest absolute Gasteiger partial charge is 0.246 e. The number of halogens is 1. The first kappa shape index (κ1) is 16.0. The molecule has 1 aromatic carbocycles. The van der Waals surface area contributed by atoms with E-state index in [1.54, 1.807) is 12.1 Å². The van der Waals surface area contributed by atoms with Gasteiger partial charge in [0.1, 0.15) is 5.41 Å². The molecule has 0 atom stereocenters. The monoisotopic (exact) mass is 345 g/mol. The second-order valence-electron chi connectivity index (χ2n) is 5.75. The summed E-state index contributed by atoms with van der Waals surface area (Å²) >= 11 is 7.25. The average Bonchev–Trinajstić information content (AvgIpc) is 3.04. The Bertz CT molecular complexity index is 742. The molecular formula is C17H16ClN3OS. The molecule has 6 heteroatoms. The normalized spacial score (nSPS) is 16.5. The van der Waals surface area contributed by atoms with E-state index in [9.17, 15) is 10.1 Å². The lowest BCUT2D eigenvalue weighted by Crippen LogP contribution is -2.36. The van der Waals surface area contributed by atoms with Crippen LogP contribution in [0, 0.1) is 16.7 Å². The molecule has 1 aliphatic rings. The lowest BCUT2D eigenvalue weighted by Gasteiger charge is -2.28. The zero-order valence-electron chi connectivity index (χ0n) is 12.5. The first-order chi connectivity index (χ1) is 11.1. The predicted octanol–water partition coefficient (Wildman–Crippen LogP) is 4.88. The fraction of sp³-hybridized carbons (Fsp3) is 0.353. The number of hydrogen-bond acceptors (Lipinski definition) is 4. The van der Waals surface area contributed by atoms with Gasteiger partial charge in [-0.25, -0.2) is 4.98 Å². The molecule has 1 aliphatic carbocycles. The Labute approximate surface area is 144 Å². The highest BCUT2D eigenvalue weighted by molar-refractivity contribution is 7.14. The third kappa shape index (κ3) is 3.39. The predicted molar refractivity (Wildman–Crippen MR) is 92.3 cm³/mol. The van der Waals surface area contributed by atoms with E-state index in [0.29, 0.717) is 23.0 Å². The van der Waals surface area contributed by atoms with Crippen molar-refractivity contribution in [2.75, 3.05) is 5.32 Å². The second kappa shape index (κ2) is 6.69. The molecule has 23 heavy (non-hydrogen) atoms. The third-order valence-electron chi connectivity index (χ3n) is 4.22. The molecule has 3 rings (SSSR count). The summed E-state index contributed by atoms with van der Waals surface area (Å²) in [7, 11) is 0. The third-order valence-corrected chi connectivity index (χ3v) is 5.23. The van der Waals surface area contributed by atoms with E-state index in [4.69, 9.17) is 11.6 Å². The van der Waals surface area contributed by atoms with Gasteiger partial charge in [-0.2, -0.15) is 5.26 Å². The summed E-state index contributed by atoms with van der Waals surface area (Å²) in [5, 5.41) is 15.4. The van der Waals surface area contributed by atoms with E-state index < -0.39 is 5.41 Å². The van der Waals surface area contributed by atoms with Crippen molar-refractivity contribution < 1.29 is 4.79 Å². The number of nitriles is 1. The van der Waals surface area contributed by atoms with Crippen LogP contribution < -0.4 is 5.32 Å². The summed E-state index contributed by atoms with van der Waals surface area (Å²) in [6.07, 6.45) is 4.20. The van der Waals surface area contributed by atoms with Gasteiger partial charge in [0.05, 0.1) is 11.8 Å². The van der Waals surface area contributed by atoms with Gasteiger partial charge in [-0.3, -0.25) is 4.79 Å². The van der Waals surface area contributed by atoms with Crippen LogP contribution in [0.5, 0.6) is 0 Å². The molecule has 1 aromatic heterocycles. The van der Waals surface area contributed by atoms with Gasteiger partial charge in [0.25, 0.3) is 0 Å². The number of rotatable bonds is 3. The molecule has 1 N–H and O–H groups in total. The van der Waals surface area contributed by atoms with Crippen molar-refractivity contribution in [2.24, 2.45) is 5.41 Å². The minimum absolute atomic E-state index is 0.225. The van der Waals surface area contributed by atoms with Crippen molar-refractivity contribution in [1.82, 2.24) is 4.98 Å². The average molecular weight is 346 g/mol. The maximum absolute atomic E-state index is 12.5. The molecule has 0 aliphatic heterocycles. The Hall–Kier alpha value is -1.90. The van der Waals surface area contributed by atoms with Crippen LogP contribution >= 0.6 is 22.9 Å². The number of hydrogen-bond donors (Lipinski definition) is 1. The maximum atomic E-state index is 12.5. The van der Waals surface area contributed by atoms with Gasteiger partial charge in [-0.1, -0.05) is 43.0 Å². The van der Waals surface area contributed by atoms with Crippen molar-refractivity contribution in [1.29, 1.82) is 5.26 Å². The van der Waals surface area contributed by atoms with Crippen molar-refractivity contribution in [3.63, 3.8) is 0 Å². The Morgan fingerprint density at radius 2 is 1.96 bits per heavy atom. The van der Waals surface area contributed by atoms with Crippen molar-refractivity contribution >= 4 is 34.0 Å². The lowest BCUT2D eigenvalue weighted by atomic mass is 9.74. The minimum Gasteiger partial charge on any atom is -0.301 e. The Morgan fingerprint density at radius 3 is 2.61 bits per heavy atom. The van der Waals surface area contributed by atoms with Crippen LogP contribution in [-0.4, -0.2) is 10.9 Å². The van der Waals surface area contributed by atoms with Crippen LogP contribution in [0.25, 0.3) is 11.3 Å². The van der Waals surface area contributed by atoms with E-state index >= 15 is 0 Å². The highest BCUT2D eigenvalue weighted by atomic mass is 35.5. The van der Waals surface area contributed by atoms with Crippen LogP contribution in [0.3, 0.4) is 0 Å². The summed E-state index contributed by atoms with van der Waals surface area (Å²) < 4.78 is 0. The number of aromatic nitrogens is 1. The van der Waals surface area contributed by atoms with Crippen LogP contribution in [0.2, 0.25) is 5.02 Å². The highest BCUT2D eigenvalue weighted by Crippen LogP contribution is 2.37. The molecule has 1 saturated carbocycles. The van der Waals surface area contributed by atoms with Crippen molar-refractivity contribution in [2.45, 2.75) is 32.1 Å². The van der Waals surface area contributed by atoms with Gasteiger partial charge >= 0.3 is 0 Å². The van der Waals surface area contributed by atoms with Crippen LogP contribution in [0.4, 0.5) is 5.13 Å². The van der Waals surface area contributed by atoms with Gasteiger partial charge in [-0.05, 0) is 25.0 Å². The summed E-state index contributed by atoms with van der Waals surface area (Å²) in [4.78, 5) is 17.0. The van der Waals surface area contributed by atoms with E-state index in [-0.39, 0.29) is 5.91 Å². The Morgan fingerprint density at radius 1 is 1.26 bits per heavy atom. The number of nitrogens with one attached hydrogen (secondary N) is 1. The summed E-state index contributed by atoms with van der Waals surface area (Å²) in [5.74, 6) is -0.225. The number of carbonyl (C=O) groups is 1. The topological polar surface area (TPSA) is 65.8 Å². The van der Waals surface area contributed by atoms with E-state index in [1.165, 1.54) is 11.3 Å². The zero-order chi connectivity index (χ0) is 16.3. The van der Waals surface area contributed by atoms with Gasteiger partial charge in [0, 0.05) is 16.0 Å². The number of thiazole rings is 1. The maximum Gasteiger partial charge on any atom is 0.246 e. The standard InChI is InChI=1S/C17H16ClN3OS/c18-13-6-4-12(5-7-13)14-10-23-16(20-14)21-15(22)17(11-19)8-2-1-3-9-17/h4-7,10H,1-3,8-9H2,(H,20,21,22). The molecule has 1 fully saturated rings. The lowest BCUT2D eigenvalue weighted by molar-refractivity contribution is -0.124. The van der Waals surface area contributed by atoms with E-state index in [1.807, 2.05) is 17.5 Å². The zero-order valence-corrected chi connectivity index (χ0v) is 14.1. The molecule has 1 amide bonds. The molecule has 0 saturated heterocycles. The molecule has 4 nitrogen and oxygen atoms in total. The number of amides is 1. The molecule has 0 unspecified atom stereocenters. The number of nitrogens with zero attached hydrogens (tertiary/aromatic N) is 2. The first-order valence-electron chi connectivity index (χ1n) is 7.57. The van der Waals surface area contributed by atoms with Gasteiger partial charge in [0.2, 0.25) is 5.91 Å². The summed E-state index contributed by atoms with van der Waals surface area (Å²) in [5.41, 5.74) is 0.833. The summed E-state index contributed by atoms with van der Waals surface area (Å²) in [6, 6.07) is 9.63. The van der Waals surface area contributed by atoms with E-state index in [0.717, 1.165) is 30.5 Å². The largest absolute Gasteiger partial charge is 0.301 e. The van der Waals surface area contributed by atoms with Crippen LogP contribution in [-0.2, 0) is 4.79 Å². The quantitative estimate of drug-likeness (QED) is 0.862. The molecule has 1 heterocycles. The van der Waals surface area contributed by atoms with Crippen LogP contribution in [0.1, 0.15) is 32.1 Å². The van der Waals surface area contributed by atoms with Crippen LogP contribution in [0.15, 0.2) is 29.6 Å². The van der Waals surface area contributed by atoms with Gasteiger partial charge in [-0.15, -0.1) is 11.3 Å². The van der Waals surface area contributed by atoms with Crippen molar-refractivity contribution in [3.8, 4) is 17.3 Å². The molecule has 0 bridgehead atoms. The first-order valence-corrected chi connectivity index (χ1v) is 8.83. The molecule has 118 valence electrons. The van der Waals surface area contributed by atoms with Gasteiger partial charge in [0.15, 0.2) is 5.13 Å². The number of anilines is 1. The second-order valence-corrected chi connectivity index (χ2v) is 7.05. The summed E-state index contributed by atoms with van der Waals surface area (Å²) in [6.45, 7) is 0.